The van der Waals surface area contributed by atoms with Crippen LogP contribution in [0.15, 0.2) is 102 Å². The molecule has 5 amide bonds. The van der Waals surface area contributed by atoms with Crippen LogP contribution in [-0.4, -0.2) is 102 Å². The molecule has 1 saturated heterocycles. The van der Waals surface area contributed by atoms with E-state index in [9.17, 15) is 37.5 Å². The molecule has 1 unspecified atom stereocenters. The molecule has 5 N–H and O–H groups in total. The number of carbonyl (C=O) groups excluding carboxylic acids is 4. The highest BCUT2D eigenvalue weighted by Gasteiger charge is 2.61. The van der Waals surface area contributed by atoms with E-state index in [2.05, 4.69) is 27.3 Å². The quantitative estimate of drug-likeness (QED) is 0.0819. The number of benzene rings is 3. The average molecular weight is 889 g/mol. The van der Waals surface area contributed by atoms with Gasteiger partial charge in [0.25, 0.3) is 15.9 Å². The first-order valence-electron chi connectivity index (χ1n) is 19.8. The van der Waals surface area contributed by atoms with Gasteiger partial charge in [-0.25, -0.2) is 22.9 Å². The van der Waals surface area contributed by atoms with Crippen LogP contribution in [0.3, 0.4) is 0 Å². The summed E-state index contributed by atoms with van der Waals surface area (Å²) in [6, 6.07) is 19.4. The minimum atomic E-state index is -4.36. The fourth-order valence-corrected chi connectivity index (χ4v) is 8.71. The third-order valence-corrected chi connectivity index (χ3v) is 12.5. The Morgan fingerprint density at radius 3 is 2.24 bits per heavy atom. The highest BCUT2D eigenvalue weighted by atomic mass is 35.5. The molecule has 18 heteroatoms. The van der Waals surface area contributed by atoms with Crippen LogP contribution >= 0.6 is 11.6 Å². The van der Waals surface area contributed by atoms with Gasteiger partial charge in [0.2, 0.25) is 17.7 Å². The SMILES string of the molecule is C=C[C@@H]1C[C@]1(NC(=O)[C@@H]1C[C@@H](Oc2cc(-c3ccccc3)nc3cc(OC)ccc23)CN1C(=O)C(NC(=O)O)[C@H](NC(=O)[C@H](C)Cl)C(C)(C)C)C(=O)NS(=O)(=O)c1ccccc1. The number of alkyl halides is 1. The number of methoxy groups -OCH3 is 1. The zero-order valence-corrected chi connectivity index (χ0v) is 36.3. The number of nitrogens with one attached hydrogen (secondary N) is 4. The van der Waals surface area contributed by atoms with Crippen molar-refractivity contribution in [1.29, 1.82) is 0 Å². The summed E-state index contributed by atoms with van der Waals surface area (Å²) in [4.78, 5) is 74.6. The van der Waals surface area contributed by atoms with Crippen LogP contribution < -0.4 is 30.1 Å². The Morgan fingerprint density at radius 2 is 1.66 bits per heavy atom. The Morgan fingerprint density at radius 1 is 1.00 bits per heavy atom. The largest absolute Gasteiger partial charge is 0.497 e. The Kier molecular flexibility index (Phi) is 13.2. The van der Waals surface area contributed by atoms with E-state index in [1.54, 1.807) is 51.1 Å². The minimum absolute atomic E-state index is 0.00560. The Bertz CT molecular complexity index is 2480. The van der Waals surface area contributed by atoms with Crippen molar-refractivity contribution in [2.45, 2.75) is 80.6 Å². The Hall–Kier alpha value is -6.20. The van der Waals surface area contributed by atoms with Gasteiger partial charge in [-0.05, 0) is 43.0 Å². The monoisotopic (exact) mass is 888 g/mol. The molecule has 4 aromatic rings. The van der Waals surface area contributed by atoms with Gasteiger partial charge in [-0.15, -0.1) is 18.2 Å². The summed E-state index contributed by atoms with van der Waals surface area (Å²) in [5.74, 6) is -3.15. The van der Waals surface area contributed by atoms with E-state index < -0.39 is 86.2 Å². The molecular weight excluding hydrogens is 840 g/mol. The predicted molar refractivity (Wildman–Crippen MR) is 231 cm³/mol. The van der Waals surface area contributed by atoms with Crippen LogP contribution in [0.4, 0.5) is 4.79 Å². The van der Waals surface area contributed by atoms with Crippen molar-refractivity contribution in [2.75, 3.05) is 13.7 Å². The molecule has 1 aliphatic heterocycles. The van der Waals surface area contributed by atoms with Crippen LogP contribution in [-0.2, 0) is 29.2 Å². The molecule has 0 radical (unpaired) electrons. The number of pyridine rings is 1. The molecular formula is C44H49ClN6O10S. The van der Waals surface area contributed by atoms with Gasteiger partial charge in [0.05, 0.1) is 35.8 Å². The third kappa shape index (κ3) is 9.79. The van der Waals surface area contributed by atoms with Crippen molar-refractivity contribution in [3.63, 3.8) is 0 Å². The predicted octanol–water partition coefficient (Wildman–Crippen LogP) is 4.62. The summed E-state index contributed by atoms with van der Waals surface area (Å²) < 4.78 is 40.7. The zero-order chi connectivity index (χ0) is 45.1. The number of nitrogens with zero attached hydrogens (tertiary/aromatic N) is 2. The molecule has 3 aromatic carbocycles. The maximum absolute atomic E-state index is 14.9. The number of carboxylic acid groups (broad SMARTS) is 1. The van der Waals surface area contributed by atoms with Crippen molar-refractivity contribution >= 4 is 62.2 Å². The zero-order valence-electron chi connectivity index (χ0n) is 34.8. The second-order valence-corrected chi connectivity index (χ2v) is 18.7. The van der Waals surface area contributed by atoms with Crippen molar-refractivity contribution in [1.82, 2.24) is 30.6 Å². The first kappa shape index (κ1) is 45.3. The molecule has 1 aliphatic carbocycles. The molecule has 62 heavy (non-hydrogen) atoms. The van der Waals surface area contributed by atoms with E-state index in [1.807, 2.05) is 30.3 Å². The molecule has 7 atom stereocenters. The fourth-order valence-electron chi connectivity index (χ4n) is 7.59. The number of carbonyl (C=O) groups is 5. The van der Waals surface area contributed by atoms with E-state index in [4.69, 9.17) is 26.1 Å². The van der Waals surface area contributed by atoms with Crippen molar-refractivity contribution in [3.8, 4) is 22.8 Å². The van der Waals surface area contributed by atoms with E-state index in [1.165, 1.54) is 44.4 Å². The standard InChI is InChI=1S/C44H49ClN6O10S/c1-7-27-23-44(27,41(55)50-62(58,59)30-16-12-9-13-17-30)49-39(53)34-21-29(24-51(34)40(54)36(47-42(56)57)37(43(3,4)5)48-38(52)25(2)45)61-35-22-32(26-14-10-8-11-15-26)46-33-20-28(60-6)18-19-31(33)35/h7-20,22,25,27,29,34,36-37,47H,1,21,23-24H2,2-6H3,(H,48,52)(H,49,53)(H,50,55)(H,56,57)/t25-,27+,29+,34-,36?,37-,44+/m0/s1. The molecule has 1 saturated carbocycles. The van der Waals surface area contributed by atoms with Gasteiger partial charge >= 0.3 is 6.09 Å². The van der Waals surface area contributed by atoms with Gasteiger partial charge < -0.3 is 35.4 Å². The molecule has 2 heterocycles. The number of aromatic nitrogens is 1. The number of fused-ring (bicyclic) bond motifs is 1. The first-order chi connectivity index (χ1) is 29.3. The number of rotatable bonds is 15. The van der Waals surface area contributed by atoms with E-state index in [0.29, 0.717) is 28.1 Å². The number of sulfonamides is 1. The smallest absolute Gasteiger partial charge is 0.405 e. The molecule has 16 nitrogen and oxygen atoms in total. The van der Waals surface area contributed by atoms with E-state index >= 15 is 0 Å². The number of amides is 5. The van der Waals surface area contributed by atoms with Crippen LogP contribution in [0.2, 0.25) is 0 Å². The van der Waals surface area contributed by atoms with Crippen molar-refractivity contribution < 1.29 is 47.0 Å². The summed E-state index contributed by atoms with van der Waals surface area (Å²) in [7, 11) is -2.83. The van der Waals surface area contributed by atoms with Crippen molar-refractivity contribution in [2.24, 2.45) is 11.3 Å². The van der Waals surface area contributed by atoms with Gasteiger partial charge in [-0.2, -0.15) is 0 Å². The normalized spacial score (nSPS) is 21.1. The van der Waals surface area contributed by atoms with Gasteiger partial charge in [-0.3, -0.25) is 19.2 Å². The number of likely N-dealkylation sites (tertiary alicyclic amines) is 1. The Balaban J connectivity index is 1.39. The fraction of sp³-hybridized carbons (Fsp3) is 0.364. The highest BCUT2D eigenvalue weighted by Crippen LogP contribution is 2.45. The van der Waals surface area contributed by atoms with Crippen LogP contribution in [0, 0.1) is 11.3 Å². The van der Waals surface area contributed by atoms with Gasteiger partial charge in [0.15, 0.2) is 0 Å². The summed E-state index contributed by atoms with van der Waals surface area (Å²) >= 11 is 6.10. The lowest BCUT2D eigenvalue weighted by molar-refractivity contribution is -0.142. The molecule has 1 aromatic heterocycles. The number of ether oxygens (including phenoxy) is 2. The molecule has 0 spiro atoms. The third-order valence-electron chi connectivity index (χ3n) is 11.0. The summed E-state index contributed by atoms with van der Waals surface area (Å²) in [5.41, 5.74) is -0.819. The lowest BCUT2D eigenvalue weighted by Crippen LogP contribution is -2.65. The molecule has 2 aliphatic rings. The minimum Gasteiger partial charge on any atom is -0.497 e. The topological polar surface area (TPSA) is 222 Å². The lowest BCUT2D eigenvalue weighted by Gasteiger charge is -2.39. The number of hydrogen-bond acceptors (Lipinski definition) is 10. The average Bonchev–Trinajstić information content (AvgIpc) is 3.80. The summed E-state index contributed by atoms with van der Waals surface area (Å²) in [5, 5.41) is 17.3. The van der Waals surface area contributed by atoms with Gasteiger partial charge in [-0.1, -0.05) is 75.4 Å². The molecule has 328 valence electrons. The van der Waals surface area contributed by atoms with Gasteiger partial charge in [0.1, 0.15) is 40.6 Å². The lowest BCUT2D eigenvalue weighted by atomic mass is 9.81. The number of hydrogen-bond donors (Lipinski definition) is 5. The Labute approximate surface area is 364 Å². The van der Waals surface area contributed by atoms with E-state index in [0.717, 1.165) is 10.5 Å². The second kappa shape index (κ2) is 18.0. The van der Waals surface area contributed by atoms with Crippen LogP contribution in [0.1, 0.15) is 40.5 Å². The second-order valence-electron chi connectivity index (χ2n) is 16.4. The van der Waals surface area contributed by atoms with Gasteiger partial charge in [0, 0.05) is 35.4 Å². The van der Waals surface area contributed by atoms with Crippen molar-refractivity contribution in [3.05, 3.63) is 97.6 Å². The molecule has 6 rings (SSSR count). The summed E-state index contributed by atoms with van der Waals surface area (Å²) in [6.45, 7) is 10.0. The number of halogens is 1. The first-order valence-corrected chi connectivity index (χ1v) is 21.7. The summed E-state index contributed by atoms with van der Waals surface area (Å²) in [6.07, 6.45) is -1.20. The molecule has 2 fully saturated rings. The maximum atomic E-state index is 14.9. The maximum Gasteiger partial charge on any atom is 0.405 e. The van der Waals surface area contributed by atoms with E-state index in [-0.39, 0.29) is 24.3 Å². The van der Waals surface area contributed by atoms with Crippen LogP contribution in [0.25, 0.3) is 22.2 Å². The van der Waals surface area contributed by atoms with Crippen LogP contribution in [0.5, 0.6) is 11.5 Å². The highest BCUT2D eigenvalue weighted by molar-refractivity contribution is 7.90. The molecule has 0 bridgehead atoms.